The number of nitrogens with one attached hydrogen (secondary N) is 3. The predicted molar refractivity (Wildman–Crippen MR) is 106 cm³/mol. The van der Waals surface area contributed by atoms with Crippen molar-refractivity contribution in [1.29, 1.82) is 0 Å². The van der Waals surface area contributed by atoms with E-state index in [1.54, 1.807) is 4.90 Å². The van der Waals surface area contributed by atoms with E-state index >= 15 is 0 Å². The number of nitrogens with two attached hydrogens (primary N) is 1. The molecule has 0 saturated carbocycles. The number of piperazine rings is 1. The van der Waals surface area contributed by atoms with Crippen LogP contribution in [0.25, 0.3) is 0 Å². The summed E-state index contributed by atoms with van der Waals surface area (Å²) in [6.07, 6.45) is 0. The van der Waals surface area contributed by atoms with E-state index in [-0.39, 0.29) is 0 Å². The van der Waals surface area contributed by atoms with Gasteiger partial charge in [-0.3, -0.25) is 10.3 Å². The van der Waals surface area contributed by atoms with E-state index in [0.717, 1.165) is 38.4 Å². The molecule has 0 unspecified atom stereocenters. The Hall–Kier alpha value is -2.44. The highest BCUT2D eigenvalue weighted by Gasteiger charge is 2.21. The number of hydrogen-bond donors (Lipinski definition) is 4. The second-order valence-electron chi connectivity index (χ2n) is 6.23. The summed E-state index contributed by atoms with van der Waals surface area (Å²) in [6.45, 7) is 5.05. The Labute approximate surface area is 154 Å². The lowest BCUT2D eigenvalue weighted by atomic mass is 10.2. The molecule has 5 nitrogen and oxygen atoms in total. The number of benzene rings is 2. The van der Waals surface area contributed by atoms with Crippen molar-refractivity contribution in [3.8, 4) is 0 Å². The minimum absolute atomic E-state index is 0.516. The highest BCUT2D eigenvalue weighted by Crippen LogP contribution is 2.04. The average Bonchev–Trinajstić information content (AvgIpc) is 2.64. The van der Waals surface area contributed by atoms with Gasteiger partial charge in [0.25, 0.3) is 0 Å². The van der Waals surface area contributed by atoms with E-state index < -0.39 is 0 Å². The molecule has 1 aliphatic heterocycles. The average molecular weight is 356 g/mol. The first kappa shape index (κ1) is 17.4. The van der Waals surface area contributed by atoms with Gasteiger partial charge in [-0.2, -0.15) is 0 Å². The third-order valence-corrected chi connectivity index (χ3v) is 4.59. The Kier molecular flexibility index (Phi) is 5.98. The Morgan fingerprint density at radius 2 is 1.60 bits per heavy atom. The van der Waals surface area contributed by atoms with Crippen LogP contribution < -0.4 is 21.3 Å². The lowest BCUT2D eigenvalue weighted by Gasteiger charge is -2.25. The van der Waals surface area contributed by atoms with Gasteiger partial charge < -0.3 is 10.2 Å². The van der Waals surface area contributed by atoms with Gasteiger partial charge in [0.15, 0.2) is 0 Å². The number of quaternary nitrogens is 1. The van der Waals surface area contributed by atoms with Crippen molar-refractivity contribution in [2.75, 3.05) is 31.5 Å². The summed E-state index contributed by atoms with van der Waals surface area (Å²) in [5.41, 5.74) is 8.53. The van der Waals surface area contributed by atoms with Crippen LogP contribution in [0.15, 0.2) is 60.7 Å². The number of hydrogen-bond acceptors (Lipinski definition) is 1. The van der Waals surface area contributed by atoms with Crippen molar-refractivity contribution in [3.05, 3.63) is 66.2 Å². The summed E-state index contributed by atoms with van der Waals surface area (Å²) in [7, 11) is 0. The van der Waals surface area contributed by atoms with E-state index in [4.69, 9.17) is 18.0 Å². The maximum absolute atomic E-state index is 6.20. The molecule has 6 heteroatoms. The summed E-state index contributed by atoms with van der Waals surface area (Å²) in [5, 5.41) is 6.75. The number of nitrogens with zero attached hydrogens (tertiary/aromatic N) is 1. The molecular formula is C19H25N5S+2. The molecule has 2 aromatic carbocycles. The normalized spacial score (nSPS) is 17.0. The smallest absolute Gasteiger partial charge is 0.326 e. The number of anilines is 1. The van der Waals surface area contributed by atoms with Crippen molar-refractivity contribution in [2.24, 2.45) is 5.73 Å². The maximum Gasteiger partial charge on any atom is 0.350 e. The largest absolute Gasteiger partial charge is 0.350 e. The van der Waals surface area contributed by atoms with E-state index in [9.17, 15) is 0 Å². The second kappa shape index (κ2) is 8.60. The highest BCUT2D eigenvalue weighted by atomic mass is 32.1. The molecule has 1 heterocycles. The molecule has 0 aromatic heterocycles. The molecule has 1 saturated heterocycles. The van der Waals surface area contributed by atoms with Crippen LogP contribution in [0.3, 0.4) is 0 Å². The van der Waals surface area contributed by atoms with Gasteiger partial charge in [-0.15, -0.1) is 0 Å². The van der Waals surface area contributed by atoms with Gasteiger partial charge in [0.1, 0.15) is 32.7 Å². The molecule has 0 amide bonds. The zero-order valence-corrected chi connectivity index (χ0v) is 15.1. The molecule has 2 aromatic rings. The van der Waals surface area contributed by atoms with Gasteiger partial charge in [-0.05, 0) is 24.4 Å². The molecule has 0 radical (unpaired) electrons. The van der Waals surface area contributed by atoms with Crippen LogP contribution in [0.5, 0.6) is 0 Å². The Balaban J connectivity index is 1.49. The highest BCUT2D eigenvalue weighted by molar-refractivity contribution is 7.80. The van der Waals surface area contributed by atoms with E-state index in [1.165, 1.54) is 5.56 Å². The van der Waals surface area contributed by atoms with Gasteiger partial charge in [0.05, 0.1) is 0 Å². The van der Waals surface area contributed by atoms with Gasteiger partial charge >= 0.3 is 5.96 Å². The van der Waals surface area contributed by atoms with Crippen LogP contribution in [0, 0.1) is 0 Å². The molecule has 25 heavy (non-hydrogen) atoms. The lowest BCUT2D eigenvalue weighted by Crippen LogP contribution is -3.13. The molecule has 130 valence electrons. The Bertz CT molecular complexity index is 720. The van der Waals surface area contributed by atoms with Gasteiger partial charge in [-0.25, -0.2) is 5.32 Å². The monoisotopic (exact) mass is 355 g/mol. The molecular weight excluding hydrogens is 330 g/mol. The van der Waals surface area contributed by atoms with Crippen LogP contribution in [-0.4, -0.2) is 41.8 Å². The van der Waals surface area contributed by atoms with Crippen molar-refractivity contribution >= 4 is 29.0 Å². The second-order valence-corrected chi connectivity index (χ2v) is 6.64. The van der Waals surface area contributed by atoms with Crippen LogP contribution in [0.1, 0.15) is 5.56 Å². The fraction of sp³-hybridized carbons (Fsp3) is 0.263. The fourth-order valence-corrected chi connectivity index (χ4v) is 3.23. The topological polar surface area (TPSA) is 57.5 Å². The van der Waals surface area contributed by atoms with Crippen molar-refractivity contribution in [1.82, 2.24) is 5.32 Å². The van der Waals surface area contributed by atoms with Gasteiger partial charge in [-0.1, -0.05) is 48.5 Å². The predicted octanol–water partition coefficient (Wildman–Crippen LogP) is 0.399. The van der Waals surface area contributed by atoms with E-state index in [2.05, 4.69) is 45.5 Å². The molecule has 0 bridgehead atoms. The van der Waals surface area contributed by atoms with Crippen molar-refractivity contribution in [3.63, 3.8) is 0 Å². The summed E-state index contributed by atoms with van der Waals surface area (Å²) in [4.78, 5) is 1.58. The summed E-state index contributed by atoms with van der Waals surface area (Å²) in [5.74, 6) is 0.618. The fourth-order valence-electron chi connectivity index (χ4n) is 3.00. The molecule has 5 N–H and O–H groups in total. The van der Waals surface area contributed by atoms with Crippen LogP contribution in [0.2, 0.25) is 0 Å². The van der Waals surface area contributed by atoms with Crippen molar-refractivity contribution < 1.29 is 9.48 Å². The third kappa shape index (κ3) is 5.27. The number of thiocarbonyl (C=S) groups is 1. The minimum Gasteiger partial charge on any atom is -0.326 e. The molecule has 0 aliphatic carbocycles. The molecule has 0 atom stereocenters. The van der Waals surface area contributed by atoms with Crippen LogP contribution in [0.4, 0.5) is 5.69 Å². The van der Waals surface area contributed by atoms with Crippen LogP contribution >= 0.6 is 12.2 Å². The summed E-state index contributed by atoms with van der Waals surface area (Å²) >= 11 is 5.34. The number of para-hydroxylation sites is 1. The van der Waals surface area contributed by atoms with Gasteiger partial charge in [0, 0.05) is 11.3 Å². The molecule has 1 fully saturated rings. The van der Waals surface area contributed by atoms with Crippen LogP contribution in [-0.2, 0) is 6.54 Å². The van der Waals surface area contributed by atoms with Gasteiger partial charge in [0.2, 0.25) is 5.11 Å². The first-order valence-corrected chi connectivity index (χ1v) is 8.99. The zero-order valence-electron chi connectivity index (χ0n) is 14.2. The molecule has 3 rings (SSSR count). The SMILES string of the molecule is NC(NC(=S)Nc1ccccc1)=[N+]1CC[NH+](Cc2ccccc2)CC1. The minimum atomic E-state index is 0.516. The van der Waals surface area contributed by atoms with E-state index in [1.807, 2.05) is 30.3 Å². The standard InChI is InChI=1S/C19H23N5S/c20-18(22-19(25)21-17-9-5-2-6-10-17)24-13-11-23(12-14-24)15-16-7-3-1-4-8-16/h1-10H,11-15H2,(H3,20,21,22,25)/p+2. The Morgan fingerprint density at radius 1 is 1.00 bits per heavy atom. The molecule has 1 aliphatic rings. The van der Waals surface area contributed by atoms with E-state index in [0.29, 0.717) is 11.1 Å². The number of rotatable bonds is 3. The summed E-state index contributed by atoms with van der Waals surface area (Å²) < 4.78 is 2.16. The number of guanidine groups is 1. The first-order chi connectivity index (χ1) is 12.2. The lowest BCUT2D eigenvalue weighted by molar-refractivity contribution is -0.944. The maximum atomic E-state index is 6.20. The Morgan fingerprint density at radius 3 is 2.24 bits per heavy atom. The zero-order chi connectivity index (χ0) is 17.5. The third-order valence-electron chi connectivity index (χ3n) is 4.38. The first-order valence-electron chi connectivity index (χ1n) is 8.58. The quantitative estimate of drug-likeness (QED) is 0.366. The molecule has 0 spiro atoms. The summed E-state index contributed by atoms with van der Waals surface area (Å²) in [6, 6.07) is 20.5. The van der Waals surface area contributed by atoms with Crippen molar-refractivity contribution in [2.45, 2.75) is 6.54 Å².